The molecule has 2 rings (SSSR count). The van der Waals surface area contributed by atoms with Crippen LogP contribution >= 0.6 is 0 Å². The number of halogens is 3. The van der Waals surface area contributed by atoms with Gasteiger partial charge in [-0.2, -0.15) is 13.2 Å². The smallest absolute Gasteiger partial charge is 0.330 e. The average Bonchev–Trinajstić information content (AvgIpc) is 2.88. The Bertz CT molecular complexity index is 528. The normalized spacial score (nSPS) is 22.3. The molecule has 2 atom stereocenters. The van der Waals surface area contributed by atoms with Gasteiger partial charge in [-0.05, 0) is 49.9 Å². The fourth-order valence-corrected chi connectivity index (χ4v) is 2.82. The van der Waals surface area contributed by atoms with Crippen LogP contribution in [-0.2, 0) is 11.0 Å². The second-order valence-electron chi connectivity index (χ2n) is 5.55. The van der Waals surface area contributed by atoms with E-state index in [-0.39, 0.29) is 23.4 Å². The van der Waals surface area contributed by atoms with Crippen molar-refractivity contribution in [3.05, 3.63) is 29.3 Å². The molecule has 0 heterocycles. The van der Waals surface area contributed by atoms with Crippen LogP contribution in [0.15, 0.2) is 18.2 Å². The summed E-state index contributed by atoms with van der Waals surface area (Å²) >= 11 is 0. The molecule has 3 N–H and O–H groups in total. The maximum Gasteiger partial charge on any atom is 0.416 e. The van der Waals surface area contributed by atoms with Gasteiger partial charge in [-0.3, -0.25) is 4.79 Å². The molecular weight excluding hydrogens is 281 g/mol. The van der Waals surface area contributed by atoms with Gasteiger partial charge in [0.2, 0.25) is 5.91 Å². The van der Waals surface area contributed by atoms with Crippen LogP contribution in [0, 0.1) is 18.8 Å². The van der Waals surface area contributed by atoms with Crippen LogP contribution in [0.2, 0.25) is 0 Å². The number of aryl methyl sites for hydroxylation is 1. The first-order chi connectivity index (χ1) is 9.82. The topological polar surface area (TPSA) is 55.1 Å². The lowest BCUT2D eigenvalue weighted by atomic mass is 9.95. The second kappa shape index (κ2) is 6.05. The van der Waals surface area contributed by atoms with Gasteiger partial charge in [0.05, 0.1) is 5.56 Å². The molecule has 6 heteroatoms. The quantitative estimate of drug-likeness (QED) is 0.899. The Morgan fingerprint density at radius 1 is 1.38 bits per heavy atom. The number of carbonyl (C=O) groups is 1. The van der Waals surface area contributed by atoms with E-state index >= 15 is 0 Å². The molecule has 1 aliphatic rings. The van der Waals surface area contributed by atoms with E-state index in [1.54, 1.807) is 6.92 Å². The minimum atomic E-state index is -4.42. The summed E-state index contributed by atoms with van der Waals surface area (Å²) in [6, 6.07) is 3.37. The Balaban J connectivity index is 2.17. The molecule has 1 amide bonds. The Morgan fingerprint density at radius 2 is 2.10 bits per heavy atom. The molecule has 1 saturated carbocycles. The van der Waals surface area contributed by atoms with Gasteiger partial charge in [-0.1, -0.05) is 12.5 Å². The lowest BCUT2D eigenvalue weighted by Gasteiger charge is -2.19. The van der Waals surface area contributed by atoms with E-state index < -0.39 is 11.7 Å². The highest BCUT2D eigenvalue weighted by molar-refractivity contribution is 5.93. The van der Waals surface area contributed by atoms with Crippen molar-refractivity contribution >= 4 is 11.6 Å². The molecular formula is C15H19F3N2O. The zero-order valence-corrected chi connectivity index (χ0v) is 11.8. The lowest BCUT2D eigenvalue weighted by molar-refractivity contribution is -0.137. The zero-order chi connectivity index (χ0) is 15.6. The monoisotopic (exact) mass is 300 g/mol. The van der Waals surface area contributed by atoms with Crippen molar-refractivity contribution in [2.24, 2.45) is 17.6 Å². The standard InChI is InChI=1S/C15H19F3N2O/c1-9-5-6-11(15(16,17)18)7-13(9)20-14(21)12-4-2-3-10(12)8-19/h5-7,10,12H,2-4,8,19H2,1H3,(H,20,21)/t10-,12-/m1/s1. The van der Waals surface area contributed by atoms with Gasteiger partial charge in [0, 0.05) is 11.6 Å². The zero-order valence-electron chi connectivity index (χ0n) is 11.8. The summed E-state index contributed by atoms with van der Waals surface area (Å²) in [4.78, 5) is 12.2. The minimum absolute atomic E-state index is 0.121. The summed E-state index contributed by atoms with van der Waals surface area (Å²) < 4.78 is 38.2. The van der Waals surface area contributed by atoms with Crippen molar-refractivity contribution in [3.8, 4) is 0 Å². The highest BCUT2D eigenvalue weighted by Crippen LogP contribution is 2.34. The number of rotatable bonds is 3. The third-order valence-electron chi connectivity index (χ3n) is 4.12. The van der Waals surface area contributed by atoms with Crippen LogP contribution in [-0.4, -0.2) is 12.5 Å². The first kappa shape index (κ1) is 15.8. The molecule has 0 aromatic heterocycles. The number of nitrogens with two attached hydrogens (primary N) is 1. The molecule has 1 fully saturated rings. The van der Waals surface area contributed by atoms with Crippen molar-refractivity contribution in [2.75, 3.05) is 11.9 Å². The van der Waals surface area contributed by atoms with Gasteiger partial charge in [-0.15, -0.1) is 0 Å². The third kappa shape index (κ3) is 3.56. The Morgan fingerprint density at radius 3 is 2.71 bits per heavy atom. The summed E-state index contributed by atoms with van der Waals surface area (Å²) in [7, 11) is 0. The highest BCUT2D eigenvalue weighted by atomic mass is 19.4. The number of nitrogens with one attached hydrogen (secondary N) is 1. The van der Waals surface area contributed by atoms with Crippen LogP contribution in [0.4, 0.5) is 18.9 Å². The summed E-state index contributed by atoms with van der Waals surface area (Å²) in [5, 5.41) is 2.63. The largest absolute Gasteiger partial charge is 0.416 e. The van der Waals surface area contributed by atoms with Gasteiger partial charge in [0.1, 0.15) is 0 Å². The maximum absolute atomic E-state index is 12.7. The molecule has 3 nitrogen and oxygen atoms in total. The van der Waals surface area contributed by atoms with Crippen molar-refractivity contribution < 1.29 is 18.0 Å². The first-order valence-corrected chi connectivity index (χ1v) is 7.01. The molecule has 0 radical (unpaired) electrons. The summed E-state index contributed by atoms with van der Waals surface area (Å²) in [6.07, 6.45) is -1.84. The summed E-state index contributed by atoms with van der Waals surface area (Å²) in [5.41, 5.74) is 5.71. The van der Waals surface area contributed by atoms with E-state index in [9.17, 15) is 18.0 Å². The Kier molecular flexibility index (Phi) is 4.56. The number of carbonyl (C=O) groups excluding carboxylic acids is 1. The fraction of sp³-hybridized carbons (Fsp3) is 0.533. The van der Waals surface area contributed by atoms with E-state index in [4.69, 9.17) is 5.73 Å². The van der Waals surface area contributed by atoms with E-state index in [2.05, 4.69) is 5.32 Å². The van der Waals surface area contributed by atoms with Crippen molar-refractivity contribution in [2.45, 2.75) is 32.4 Å². The SMILES string of the molecule is Cc1ccc(C(F)(F)F)cc1NC(=O)[C@@H]1CCC[C@@H]1CN. The minimum Gasteiger partial charge on any atom is -0.330 e. The predicted molar refractivity (Wildman–Crippen MR) is 74.7 cm³/mol. The van der Waals surface area contributed by atoms with Gasteiger partial charge in [-0.25, -0.2) is 0 Å². The van der Waals surface area contributed by atoms with Crippen molar-refractivity contribution in [1.29, 1.82) is 0 Å². The number of hydrogen-bond donors (Lipinski definition) is 2. The molecule has 116 valence electrons. The highest BCUT2D eigenvalue weighted by Gasteiger charge is 2.33. The van der Waals surface area contributed by atoms with Crippen LogP contribution in [0.25, 0.3) is 0 Å². The van der Waals surface area contributed by atoms with Crippen LogP contribution in [0.1, 0.15) is 30.4 Å². The molecule has 0 unspecified atom stereocenters. The molecule has 21 heavy (non-hydrogen) atoms. The number of anilines is 1. The van der Waals surface area contributed by atoms with E-state index in [1.807, 2.05) is 0 Å². The number of hydrogen-bond acceptors (Lipinski definition) is 2. The molecule has 0 spiro atoms. The predicted octanol–water partition coefficient (Wildman–Crippen LogP) is 3.33. The van der Waals surface area contributed by atoms with Crippen LogP contribution in [0.3, 0.4) is 0 Å². The molecule has 0 aliphatic heterocycles. The van der Waals surface area contributed by atoms with Gasteiger partial charge in [0.15, 0.2) is 0 Å². The summed E-state index contributed by atoms with van der Waals surface area (Å²) in [6.45, 7) is 2.10. The first-order valence-electron chi connectivity index (χ1n) is 7.01. The fourth-order valence-electron chi connectivity index (χ4n) is 2.82. The second-order valence-corrected chi connectivity index (χ2v) is 5.55. The van der Waals surface area contributed by atoms with Gasteiger partial charge >= 0.3 is 6.18 Å². The van der Waals surface area contributed by atoms with Crippen molar-refractivity contribution in [3.63, 3.8) is 0 Å². The Hall–Kier alpha value is -1.56. The molecule has 1 aliphatic carbocycles. The van der Waals surface area contributed by atoms with Crippen LogP contribution < -0.4 is 11.1 Å². The summed E-state index contributed by atoms with van der Waals surface area (Å²) in [5.74, 6) is -0.314. The molecule has 0 bridgehead atoms. The number of amides is 1. The van der Waals surface area contributed by atoms with E-state index in [0.717, 1.165) is 31.4 Å². The molecule has 0 saturated heterocycles. The number of alkyl halides is 3. The molecule has 1 aromatic rings. The number of benzene rings is 1. The van der Waals surface area contributed by atoms with Gasteiger partial charge in [0.25, 0.3) is 0 Å². The van der Waals surface area contributed by atoms with E-state index in [0.29, 0.717) is 12.1 Å². The van der Waals surface area contributed by atoms with E-state index in [1.165, 1.54) is 6.07 Å². The third-order valence-corrected chi connectivity index (χ3v) is 4.12. The molecule has 1 aromatic carbocycles. The lowest BCUT2D eigenvalue weighted by Crippen LogP contribution is -2.30. The Labute approximate surface area is 121 Å². The van der Waals surface area contributed by atoms with Crippen molar-refractivity contribution in [1.82, 2.24) is 0 Å². The van der Waals surface area contributed by atoms with Gasteiger partial charge < -0.3 is 11.1 Å². The average molecular weight is 300 g/mol. The van der Waals surface area contributed by atoms with Crippen LogP contribution in [0.5, 0.6) is 0 Å². The maximum atomic E-state index is 12.7.